The molecule has 1 heteroatoms. The van der Waals surface area contributed by atoms with E-state index in [9.17, 15) is 0 Å². The summed E-state index contributed by atoms with van der Waals surface area (Å²) >= 11 is 0. The molecule has 1 aromatic rings. The van der Waals surface area contributed by atoms with E-state index in [-0.39, 0.29) is 0 Å². The van der Waals surface area contributed by atoms with Crippen molar-refractivity contribution in [1.29, 1.82) is 0 Å². The van der Waals surface area contributed by atoms with Gasteiger partial charge in [-0.25, -0.2) is 0 Å². The van der Waals surface area contributed by atoms with Crippen LogP contribution >= 0.6 is 0 Å². The molecule has 0 saturated carbocycles. The molecule has 0 radical (unpaired) electrons. The average Bonchev–Trinajstić information content (AvgIpc) is 2.38. The molecular formula is C16H27N. The first-order valence-corrected chi connectivity index (χ1v) is 7.02. The van der Waals surface area contributed by atoms with Crippen molar-refractivity contribution in [2.24, 2.45) is 11.8 Å². The van der Waals surface area contributed by atoms with Gasteiger partial charge in [0.1, 0.15) is 0 Å². The maximum atomic E-state index is 3.57. The van der Waals surface area contributed by atoms with Crippen molar-refractivity contribution < 1.29 is 0 Å². The Bertz CT molecular complexity index is 281. The molecule has 17 heavy (non-hydrogen) atoms. The van der Waals surface area contributed by atoms with Crippen molar-refractivity contribution in [2.45, 2.75) is 40.0 Å². The smallest absolute Gasteiger partial charge is 0.00148 e. The van der Waals surface area contributed by atoms with Crippen molar-refractivity contribution in [3.05, 3.63) is 35.9 Å². The zero-order chi connectivity index (χ0) is 12.5. The molecular weight excluding hydrogens is 206 g/mol. The molecule has 0 aliphatic heterocycles. The van der Waals surface area contributed by atoms with Gasteiger partial charge in [0.05, 0.1) is 0 Å². The van der Waals surface area contributed by atoms with Crippen LogP contribution in [-0.4, -0.2) is 13.1 Å². The SMILES string of the molecule is CCCNCC(Cc1ccccc1)C(C)CC. The van der Waals surface area contributed by atoms with E-state index in [4.69, 9.17) is 0 Å². The fourth-order valence-corrected chi connectivity index (χ4v) is 2.19. The largest absolute Gasteiger partial charge is 0.316 e. The topological polar surface area (TPSA) is 12.0 Å². The van der Waals surface area contributed by atoms with E-state index in [0.29, 0.717) is 0 Å². The number of rotatable bonds is 8. The lowest BCUT2D eigenvalue weighted by Gasteiger charge is -2.23. The molecule has 1 N–H and O–H groups in total. The molecule has 2 atom stereocenters. The standard InChI is InChI=1S/C16H27N/c1-4-11-17-13-16(14(3)5-2)12-15-9-7-6-8-10-15/h6-10,14,16-17H,4-5,11-13H2,1-3H3. The van der Waals surface area contributed by atoms with Crippen LogP contribution in [0, 0.1) is 11.8 Å². The van der Waals surface area contributed by atoms with Crippen molar-refractivity contribution in [1.82, 2.24) is 5.32 Å². The van der Waals surface area contributed by atoms with E-state index in [1.807, 2.05) is 0 Å². The van der Waals surface area contributed by atoms with Gasteiger partial charge in [-0.15, -0.1) is 0 Å². The third kappa shape index (κ3) is 5.36. The molecule has 0 amide bonds. The highest BCUT2D eigenvalue weighted by Gasteiger charge is 2.15. The summed E-state index contributed by atoms with van der Waals surface area (Å²) in [5, 5.41) is 3.57. The van der Waals surface area contributed by atoms with E-state index >= 15 is 0 Å². The predicted molar refractivity (Wildman–Crippen MR) is 76.3 cm³/mol. The number of nitrogens with one attached hydrogen (secondary N) is 1. The van der Waals surface area contributed by atoms with E-state index in [1.165, 1.54) is 24.8 Å². The van der Waals surface area contributed by atoms with E-state index in [1.54, 1.807) is 0 Å². The highest BCUT2D eigenvalue weighted by molar-refractivity contribution is 5.15. The van der Waals surface area contributed by atoms with Crippen LogP contribution in [0.25, 0.3) is 0 Å². The fraction of sp³-hybridized carbons (Fsp3) is 0.625. The third-order valence-corrected chi connectivity index (χ3v) is 3.62. The Morgan fingerprint density at radius 1 is 1.12 bits per heavy atom. The zero-order valence-corrected chi connectivity index (χ0v) is 11.6. The van der Waals surface area contributed by atoms with Crippen LogP contribution < -0.4 is 5.32 Å². The molecule has 1 rings (SSSR count). The van der Waals surface area contributed by atoms with Crippen LogP contribution in [-0.2, 0) is 6.42 Å². The van der Waals surface area contributed by atoms with Gasteiger partial charge in [0.25, 0.3) is 0 Å². The Morgan fingerprint density at radius 2 is 1.82 bits per heavy atom. The number of benzene rings is 1. The van der Waals surface area contributed by atoms with Gasteiger partial charge < -0.3 is 5.32 Å². The Labute approximate surface area is 107 Å². The molecule has 0 heterocycles. The summed E-state index contributed by atoms with van der Waals surface area (Å²) in [5.41, 5.74) is 1.47. The van der Waals surface area contributed by atoms with Gasteiger partial charge in [-0.1, -0.05) is 57.5 Å². The Hall–Kier alpha value is -0.820. The number of hydrogen-bond acceptors (Lipinski definition) is 1. The minimum Gasteiger partial charge on any atom is -0.316 e. The van der Waals surface area contributed by atoms with Gasteiger partial charge in [0.15, 0.2) is 0 Å². The van der Waals surface area contributed by atoms with Gasteiger partial charge in [-0.3, -0.25) is 0 Å². The second-order valence-electron chi connectivity index (χ2n) is 5.04. The lowest BCUT2D eigenvalue weighted by Crippen LogP contribution is -2.29. The summed E-state index contributed by atoms with van der Waals surface area (Å²) in [6.07, 6.45) is 3.69. The second kappa shape index (κ2) is 8.30. The highest BCUT2D eigenvalue weighted by atomic mass is 14.9. The molecule has 0 aromatic heterocycles. The molecule has 2 unspecified atom stereocenters. The molecule has 0 bridgehead atoms. The molecule has 0 aliphatic rings. The van der Waals surface area contributed by atoms with Crippen LogP contribution in [0.1, 0.15) is 39.2 Å². The van der Waals surface area contributed by atoms with Crippen LogP contribution in [0.3, 0.4) is 0 Å². The zero-order valence-electron chi connectivity index (χ0n) is 11.6. The summed E-state index contributed by atoms with van der Waals surface area (Å²) in [6.45, 7) is 9.19. The van der Waals surface area contributed by atoms with Crippen molar-refractivity contribution in [2.75, 3.05) is 13.1 Å². The predicted octanol–water partition coefficient (Wildman–Crippen LogP) is 3.89. The molecule has 1 nitrogen and oxygen atoms in total. The summed E-state index contributed by atoms with van der Waals surface area (Å²) in [7, 11) is 0. The van der Waals surface area contributed by atoms with Gasteiger partial charge >= 0.3 is 0 Å². The van der Waals surface area contributed by atoms with Gasteiger partial charge in [0, 0.05) is 0 Å². The maximum Gasteiger partial charge on any atom is -0.00148 e. The van der Waals surface area contributed by atoms with Crippen LogP contribution in [0.5, 0.6) is 0 Å². The first-order valence-electron chi connectivity index (χ1n) is 7.02. The Morgan fingerprint density at radius 3 is 2.41 bits per heavy atom. The van der Waals surface area contributed by atoms with Crippen LogP contribution in [0.4, 0.5) is 0 Å². The van der Waals surface area contributed by atoms with E-state index in [0.717, 1.165) is 24.9 Å². The quantitative estimate of drug-likeness (QED) is 0.672. The molecule has 96 valence electrons. The lowest BCUT2D eigenvalue weighted by atomic mass is 9.86. The van der Waals surface area contributed by atoms with Gasteiger partial charge in [0.2, 0.25) is 0 Å². The molecule has 1 aromatic carbocycles. The Balaban J connectivity index is 2.51. The van der Waals surface area contributed by atoms with Gasteiger partial charge in [-0.05, 0) is 43.3 Å². The lowest BCUT2D eigenvalue weighted by molar-refractivity contribution is 0.330. The van der Waals surface area contributed by atoms with Crippen LogP contribution in [0.2, 0.25) is 0 Å². The maximum absolute atomic E-state index is 3.57. The average molecular weight is 233 g/mol. The number of hydrogen-bond donors (Lipinski definition) is 1. The summed E-state index contributed by atoms with van der Waals surface area (Å²) in [6, 6.07) is 10.9. The van der Waals surface area contributed by atoms with Crippen molar-refractivity contribution in [3.8, 4) is 0 Å². The minimum atomic E-state index is 0.758. The van der Waals surface area contributed by atoms with E-state index in [2.05, 4.69) is 56.4 Å². The monoisotopic (exact) mass is 233 g/mol. The van der Waals surface area contributed by atoms with Crippen molar-refractivity contribution >= 4 is 0 Å². The Kier molecular flexibility index (Phi) is 6.95. The normalized spacial score (nSPS) is 14.5. The minimum absolute atomic E-state index is 0.758. The third-order valence-electron chi connectivity index (χ3n) is 3.62. The fourth-order valence-electron chi connectivity index (χ4n) is 2.19. The second-order valence-corrected chi connectivity index (χ2v) is 5.04. The molecule has 0 aliphatic carbocycles. The van der Waals surface area contributed by atoms with Crippen LogP contribution in [0.15, 0.2) is 30.3 Å². The molecule has 0 saturated heterocycles. The molecule has 0 spiro atoms. The summed E-state index contributed by atoms with van der Waals surface area (Å²) in [5.74, 6) is 1.55. The van der Waals surface area contributed by atoms with E-state index < -0.39 is 0 Å². The van der Waals surface area contributed by atoms with Crippen molar-refractivity contribution in [3.63, 3.8) is 0 Å². The first-order chi connectivity index (χ1) is 8.27. The molecule has 0 fully saturated rings. The summed E-state index contributed by atoms with van der Waals surface area (Å²) < 4.78 is 0. The van der Waals surface area contributed by atoms with Gasteiger partial charge in [-0.2, -0.15) is 0 Å². The summed E-state index contributed by atoms with van der Waals surface area (Å²) in [4.78, 5) is 0. The first kappa shape index (κ1) is 14.2. The highest BCUT2D eigenvalue weighted by Crippen LogP contribution is 2.19.